The lowest BCUT2D eigenvalue weighted by Crippen LogP contribution is -2.49. The second-order valence-corrected chi connectivity index (χ2v) is 13.8. The van der Waals surface area contributed by atoms with Crippen LogP contribution in [0.5, 0.6) is 0 Å². The molecular formula is C36H31ClFN7O3S. The van der Waals surface area contributed by atoms with Crippen molar-refractivity contribution in [2.45, 2.75) is 51.4 Å². The number of aryl methyl sites for hydroxylation is 1. The average molecular weight is 696 g/mol. The van der Waals surface area contributed by atoms with Gasteiger partial charge >= 0.3 is 5.97 Å². The first-order valence-corrected chi connectivity index (χ1v) is 17.3. The van der Waals surface area contributed by atoms with Gasteiger partial charge in [0.2, 0.25) is 0 Å². The van der Waals surface area contributed by atoms with Gasteiger partial charge in [-0.25, -0.2) is 19.2 Å². The van der Waals surface area contributed by atoms with E-state index in [0.717, 1.165) is 31.5 Å². The zero-order chi connectivity index (χ0) is 34.2. The SMILES string of the molecule is Cc1nc2cnc(NCC3CCN(C4CC(F)C4)CC3)c(C#N)c2c(=O)n1CC#Cc1ccc(Cl)cc1-c1ccnc2c(C(=O)O)csc12. The maximum atomic E-state index is 13.9. The highest BCUT2D eigenvalue weighted by atomic mass is 35.5. The van der Waals surface area contributed by atoms with Gasteiger partial charge < -0.3 is 15.3 Å². The zero-order valence-electron chi connectivity index (χ0n) is 26.5. The molecule has 0 amide bonds. The molecule has 0 spiro atoms. The summed E-state index contributed by atoms with van der Waals surface area (Å²) >= 11 is 7.67. The van der Waals surface area contributed by atoms with E-state index in [9.17, 15) is 24.3 Å². The van der Waals surface area contributed by atoms with E-state index in [0.29, 0.717) is 74.9 Å². The molecule has 0 radical (unpaired) electrons. The van der Waals surface area contributed by atoms with Gasteiger partial charge in [0, 0.05) is 45.9 Å². The summed E-state index contributed by atoms with van der Waals surface area (Å²) in [7, 11) is 0. The minimum Gasteiger partial charge on any atom is -0.478 e. The first-order chi connectivity index (χ1) is 23.7. The Morgan fingerprint density at radius 3 is 2.73 bits per heavy atom. The number of anilines is 1. The van der Waals surface area contributed by atoms with E-state index in [-0.39, 0.29) is 28.6 Å². The van der Waals surface area contributed by atoms with Gasteiger partial charge in [-0.3, -0.25) is 14.3 Å². The zero-order valence-corrected chi connectivity index (χ0v) is 28.1. The van der Waals surface area contributed by atoms with Crippen molar-refractivity contribution < 1.29 is 14.3 Å². The summed E-state index contributed by atoms with van der Waals surface area (Å²) in [5.41, 5.74) is 2.72. The fourth-order valence-corrected chi connectivity index (χ4v) is 7.89. The number of piperidine rings is 1. The third-order valence-electron chi connectivity index (χ3n) is 9.50. The van der Waals surface area contributed by atoms with Crippen LogP contribution in [0.3, 0.4) is 0 Å². The lowest BCUT2D eigenvalue weighted by Gasteiger charge is -2.43. The number of rotatable bonds is 7. The number of likely N-dealkylation sites (tertiary alicyclic amines) is 1. The standard InChI is InChI=1S/C36H31ClFN7O3S/c1-20-43-30-18-42-34(41-17-21-7-11-44(12-8-21)25-14-24(38)15-25)28(16-39)31(30)35(46)45(20)10-2-3-22-4-5-23(37)13-27(22)26-6-9-40-32-29(36(47)48)19-49-33(26)32/h4-6,9,13,18-19,21,24-25H,7-8,10-12,14-15,17H2,1H3,(H,41,42)(H,47,48). The molecule has 2 N–H and O–H groups in total. The van der Waals surface area contributed by atoms with Crippen LogP contribution in [-0.4, -0.2) is 67.3 Å². The quantitative estimate of drug-likeness (QED) is 0.189. The van der Waals surface area contributed by atoms with Gasteiger partial charge in [0.15, 0.2) is 0 Å². The molecule has 0 atom stereocenters. The van der Waals surface area contributed by atoms with Crippen molar-refractivity contribution in [3.63, 3.8) is 0 Å². The Kier molecular flexibility index (Phi) is 9.03. The van der Waals surface area contributed by atoms with Crippen LogP contribution in [0.2, 0.25) is 5.02 Å². The van der Waals surface area contributed by atoms with Crippen LogP contribution < -0.4 is 10.9 Å². The van der Waals surface area contributed by atoms with Gasteiger partial charge in [0.05, 0.1) is 39.4 Å². The maximum Gasteiger partial charge on any atom is 0.338 e. The molecule has 1 aromatic carbocycles. The molecule has 1 aliphatic carbocycles. The summed E-state index contributed by atoms with van der Waals surface area (Å²) in [6.45, 7) is 4.20. The molecule has 10 nitrogen and oxygen atoms in total. The molecule has 1 saturated heterocycles. The van der Waals surface area contributed by atoms with Gasteiger partial charge in [0.25, 0.3) is 5.56 Å². The molecule has 5 heterocycles. The van der Waals surface area contributed by atoms with Crippen LogP contribution in [0.25, 0.3) is 32.2 Å². The Bertz CT molecular complexity index is 2270. The molecule has 2 fully saturated rings. The minimum absolute atomic E-state index is 0.0161. The number of benzene rings is 1. The molecule has 0 unspecified atom stereocenters. The highest BCUT2D eigenvalue weighted by molar-refractivity contribution is 7.18. The average Bonchev–Trinajstić information content (AvgIpc) is 3.53. The highest BCUT2D eigenvalue weighted by Gasteiger charge is 2.35. The summed E-state index contributed by atoms with van der Waals surface area (Å²) in [6, 6.07) is 9.61. The Morgan fingerprint density at radius 2 is 2.00 bits per heavy atom. The summed E-state index contributed by atoms with van der Waals surface area (Å²) in [5, 5.41) is 25.3. The van der Waals surface area contributed by atoms with Crippen molar-refractivity contribution in [2.24, 2.45) is 5.92 Å². The van der Waals surface area contributed by atoms with Crippen LogP contribution in [0, 0.1) is 36.0 Å². The normalized spacial score (nSPS) is 18.1. The summed E-state index contributed by atoms with van der Waals surface area (Å²) in [6.07, 6.45) is 5.63. The minimum atomic E-state index is -1.05. The number of hydrogen-bond acceptors (Lipinski definition) is 9. The van der Waals surface area contributed by atoms with Crippen LogP contribution >= 0.6 is 22.9 Å². The van der Waals surface area contributed by atoms with Crippen molar-refractivity contribution >= 4 is 55.8 Å². The number of nitrogens with one attached hydrogen (secondary N) is 1. The van der Waals surface area contributed by atoms with Gasteiger partial charge in [-0.2, -0.15) is 5.26 Å². The fraction of sp³-hybridized carbons (Fsp3) is 0.333. The third kappa shape index (κ3) is 6.35. The molecule has 248 valence electrons. The third-order valence-corrected chi connectivity index (χ3v) is 10.7. The molecule has 5 aromatic rings. The Morgan fingerprint density at radius 1 is 1.20 bits per heavy atom. The summed E-state index contributed by atoms with van der Waals surface area (Å²) < 4.78 is 15.5. The van der Waals surface area contributed by atoms with E-state index < -0.39 is 12.1 Å². The lowest BCUT2D eigenvalue weighted by atomic mass is 9.86. The Labute approximate surface area is 290 Å². The monoisotopic (exact) mass is 695 g/mol. The predicted octanol–water partition coefficient (Wildman–Crippen LogP) is 6.28. The molecular weight excluding hydrogens is 665 g/mol. The molecule has 7 rings (SSSR count). The maximum absolute atomic E-state index is 13.9. The first kappa shape index (κ1) is 32.7. The number of nitriles is 1. The molecule has 49 heavy (non-hydrogen) atoms. The van der Waals surface area contributed by atoms with Crippen molar-refractivity contribution in [3.8, 4) is 29.0 Å². The van der Waals surface area contributed by atoms with E-state index in [1.54, 1.807) is 42.8 Å². The number of thiophene rings is 1. The van der Waals surface area contributed by atoms with Crippen molar-refractivity contribution in [1.29, 1.82) is 5.26 Å². The van der Waals surface area contributed by atoms with E-state index >= 15 is 0 Å². The highest BCUT2D eigenvalue weighted by Crippen LogP contribution is 2.37. The number of carbonyl (C=O) groups is 1. The molecule has 0 bridgehead atoms. The van der Waals surface area contributed by atoms with Crippen LogP contribution in [-0.2, 0) is 6.54 Å². The topological polar surface area (TPSA) is 137 Å². The second kappa shape index (κ2) is 13.6. The number of alkyl halides is 1. The van der Waals surface area contributed by atoms with Gasteiger partial charge in [-0.05, 0) is 75.9 Å². The van der Waals surface area contributed by atoms with Crippen LogP contribution in [0.1, 0.15) is 53.0 Å². The van der Waals surface area contributed by atoms with E-state index in [1.165, 1.54) is 22.1 Å². The fourth-order valence-electron chi connectivity index (χ4n) is 6.69. The van der Waals surface area contributed by atoms with Gasteiger partial charge in [0.1, 0.15) is 29.4 Å². The van der Waals surface area contributed by atoms with Crippen molar-refractivity contribution in [3.05, 3.63) is 79.9 Å². The van der Waals surface area contributed by atoms with E-state index in [1.807, 2.05) is 0 Å². The van der Waals surface area contributed by atoms with Crippen molar-refractivity contribution in [2.75, 3.05) is 25.0 Å². The van der Waals surface area contributed by atoms with Crippen molar-refractivity contribution in [1.82, 2.24) is 24.4 Å². The molecule has 1 saturated carbocycles. The number of aromatic nitrogens is 4. The number of pyridine rings is 2. The predicted molar refractivity (Wildman–Crippen MR) is 188 cm³/mol. The van der Waals surface area contributed by atoms with E-state index in [4.69, 9.17) is 11.6 Å². The number of hydrogen-bond donors (Lipinski definition) is 2. The van der Waals surface area contributed by atoms with Gasteiger partial charge in [-0.1, -0.05) is 23.4 Å². The van der Waals surface area contributed by atoms with Crippen LogP contribution in [0.15, 0.2) is 46.8 Å². The number of carboxylic acids is 1. The number of fused-ring (bicyclic) bond motifs is 2. The smallest absolute Gasteiger partial charge is 0.338 e. The van der Waals surface area contributed by atoms with E-state index in [2.05, 4.69) is 43.1 Å². The number of nitrogens with zero attached hydrogens (tertiary/aromatic N) is 6. The first-order valence-electron chi connectivity index (χ1n) is 16.0. The Balaban J connectivity index is 1.14. The molecule has 4 aromatic heterocycles. The molecule has 2 aliphatic rings. The second-order valence-electron chi connectivity index (χ2n) is 12.5. The Hall–Kier alpha value is -4.88. The molecule has 13 heteroatoms. The summed E-state index contributed by atoms with van der Waals surface area (Å²) in [5.74, 6) is 6.37. The van der Waals surface area contributed by atoms with Crippen LogP contribution in [0.4, 0.5) is 10.2 Å². The summed E-state index contributed by atoms with van der Waals surface area (Å²) in [4.78, 5) is 41.3. The van der Waals surface area contributed by atoms with Gasteiger partial charge in [-0.15, -0.1) is 11.3 Å². The number of halogens is 2. The molecule has 1 aliphatic heterocycles. The number of carboxylic acid groups (broad SMARTS) is 1. The number of aromatic carboxylic acids is 1. The lowest BCUT2D eigenvalue weighted by molar-refractivity contribution is 0.0325. The largest absolute Gasteiger partial charge is 0.478 e.